The number of rotatable bonds is 7. The van der Waals surface area contributed by atoms with Crippen molar-refractivity contribution in [1.29, 1.82) is 0 Å². The van der Waals surface area contributed by atoms with Crippen molar-refractivity contribution in [2.24, 2.45) is 5.92 Å². The smallest absolute Gasteiger partial charge is 0.309 e. The molecule has 4 heteroatoms. The lowest BCUT2D eigenvalue weighted by molar-refractivity contribution is -0.154. The van der Waals surface area contributed by atoms with E-state index in [9.17, 15) is 9.59 Å². The van der Waals surface area contributed by atoms with Crippen molar-refractivity contribution >= 4 is 11.9 Å². The highest BCUT2D eigenvalue weighted by Gasteiger charge is 2.23. The number of carbonyl (C=O) groups is 2. The van der Waals surface area contributed by atoms with Crippen molar-refractivity contribution in [1.82, 2.24) is 0 Å². The summed E-state index contributed by atoms with van der Waals surface area (Å²) in [4.78, 5) is 23.4. The zero-order valence-corrected chi connectivity index (χ0v) is 11.9. The first-order valence-corrected chi connectivity index (χ1v) is 6.44. The Bertz CT molecular complexity index is 465. The van der Waals surface area contributed by atoms with Crippen LogP contribution in [0.4, 0.5) is 0 Å². The normalized spacial score (nSPS) is 11.5. The van der Waals surface area contributed by atoms with Crippen molar-refractivity contribution < 1.29 is 19.1 Å². The Morgan fingerprint density at radius 3 is 2.40 bits per heavy atom. The SMILES string of the molecule is C=C(C)C[C@H](CC(=O)OCc1ccccc1)C(=O)OC. The second-order valence-corrected chi connectivity index (χ2v) is 4.73. The Balaban J connectivity index is 2.49. The number of esters is 2. The molecule has 1 atom stereocenters. The molecule has 0 radical (unpaired) electrons. The predicted octanol–water partition coefficient (Wildman–Crippen LogP) is 2.88. The molecule has 0 aliphatic heterocycles. The van der Waals surface area contributed by atoms with Gasteiger partial charge in [-0.2, -0.15) is 0 Å². The summed E-state index contributed by atoms with van der Waals surface area (Å²) in [5, 5.41) is 0. The van der Waals surface area contributed by atoms with Crippen LogP contribution in [-0.2, 0) is 25.7 Å². The van der Waals surface area contributed by atoms with Gasteiger partial charge in [-0.3, -0.25) is 9.59 Å². The molecular weight excluding hydrogens is 256 g/mol. The average Bonchev–Trinajstić information content (AvgIpc) is 2.44. The lowest BCUT2D eigenvalue weighted by Crippen LogP contribution is -2.21. The molecule has 1 rings (SSSR count). The minimum atomic E-state index is -0.527. The standard InChI is InChI=1S/C16H20O4/c1-12(2)9-14(16(18)19-3)10-15(17)20-11-13-7-5-4-6-8-13/h4-8,14H,1,9-11H2,2-3H3/t14-/m1/s1. The van der Waals surface area contributed by atoms with Gasteiger partial charge in [0.1, 0.15) is 6.61 Å². The Kier molecular flexibility index (Phi) is 6.50. The van der Waals surface area contributed by atoms with E-state index >= 15 is 0 Å². The summed E-state index contributed by atoms with van der Waals surface area (Å²) in [6, 6.07) is 9.40. The van der Waals surface area contributed by atoms with Crippen LogP contribution in [0.2, 0.25) is 0 Å². The number of methoxy groups -OCH3 is 1. The van der Waals surface area contributed by atoms with Gasteiger partial charge in [0, 0.05) is 0 Å². The summed E-state index contributed by atoms with van der Waals surface area (Å²) in [5.41, 5.74) is 1.74. The number of hydrogen-bond acceptors (Lipinski definition) is 4. The van der Waals surface area contributed by atoms with Crippen LogP contribution in [0.3, 0.4) is 0 Å². The Morgan fingerprint density at radius 2 is 1.85 bits per heavy atom. The quantitative estimate of drug-likeness (QED) is 0.567. The summed E-state index contributed by atoms with van der Waals surface area (Å²) in [7, 11) is 1.31. The van der Waals surface area contributed by atoms with E-state index in [0.29, 0.717) is 6.42 Å². The number of benzene rings is 1. The topological polar surface area (TPSA) is 52.6 Å². The monoisotopic (exact) mass is 276 g/mol. The largest absolute Gasteiger partial charge is 0.469 e. The fourth-order valence-corrected chi connectivity index (χ4v) is 1.82. The molecule has 0 saturated carbocycles. The summed E-state index contributed by atoms with van der Waals surface area (Å²) < 4.78 is 9.85. The molecule has 0 saturated heterocycles. The second kappa shape index (κ2) is 8.15. The fourth-order valence-electron chi connectivity index (χ4n) is 1.82. The van der Waals surface area contributed by atoms with Gasteiger partial charge in [-0.1, -0.05) is 35.9 Å². The lowest BCUT2D eigenvalue weighted by atomic mass is 9.98. The molecule has 0 aliphatic carbocycles. The van der Waals surface area contributed by atoms with Crippen LogP contribution in [0.15, 0.2) is 42.5 Å². The number of hydrogen-bond donors (Lipinski definition) is 0. The third kappa shape index (κ3) is 5.69. The molecule has 108 valence electrons. The van der Waals surface area contributed by atoms with Crippen LogP contribution >= 0.6 is 0 Å². The Morgan fingerprint density at radius 1 is 1.20 bits per heavy atom. The van der Waals surface area contributed by atoms with Gasteiger partial charge in [-0.15, -0.1) is 6.58 Å². The maximum Gasteiger partial charge on any atom is 0.309 e. The zero-order valence-electron chi connectivity index (χ0n) is 11.9. The van der Waals surface area contributed by atoms with Crippen molar-refractivity contribution in [2.45, 2.75) is 26.4 Å². The van der Waals surface area contributed by atoms with Gasteiger partial charge in [-0.25, -0.2) is 0 Å². The molecule has 0 aromatic heterocycles. The summed E-state index contributed by atoms with van der Waals surface area (Å²) in [6.45, 7) is 5.77. The van der Waals surface area contributed by atoms with E-state index in [0.717, 1.165) is 11.1 Å². The third-order valence-corrected chi connectivity index (χ3v) is 2.79. The Labute approximate surface area is 119 Å². The van der Waals surface area contributed by atoms with Crippen LogP contribution < -0.4 is 0 Å². The molecule has 1 aromatic rings. The fraction of sp³-hybridized carbons (Fsp3) is 0.375. The molecule has 4 nitrogen and oxygen atoms in total. The van der Waals surface area contributed by atoms with E-state index in [-0.39, 0.29) is 13.0 Å². The predicted molar refractivity (Wildman–Crippen MR) is 75.8 cm³/mol. The molecule has 0 unspecified atom stereocenters. The molecule has 0 aliphatic rings. The van der Waals surface area contributed by atoms with Crippen molar-refractivity contribution in [3.8, 4) is 0 Å². The van der Waals surface area contributed by atoms with Crippen molar-refractivity contribution in [3.05, 3.63) is 48.0 Å². The summed E-state index contributed by atoms with van der Waals surface area (Å²) in [6.07, 6.45) is 0.430. The van der Waals surface area contributed by atoms with Gasteiger partial charge >= 0.3 is 11.9 Å². The first kappa shape index (κ1) is 16.0. The van der Waals surface area contributed by atoms with Gasteiger partial charge in [0.05, 0.1) is 19.4 Å². The molecule has 0 fully saturated rings. The molecule has 0 bridgehead atoms. The highest BCUT2D eigenvalue weighted by atomic mass is 16.5. The van der Waals surface area contributed by atoms with Crippen molar-refractivity contribution in [3.63, 3.8) is 0 Å². The van der Waals surface area contributed by atoms with E-state index in [4.69, 9.17) is 4.74 Å². The zero-order chi connectivity index (χ0) is 15.0. The minimum absolute atomic E-state index is 0.00632. The maximum absolute atomic E-state index is 11.8. The molecule has 20 heavy (non-hydrogen) atoms. The molecular formula is C16H20O4. The van der Waals surface area contributed by atoms with Crippen LogP contribution in [0.5, 0.6) is 0 Å². The molecule has 0 heterocycles. The summed E-state index contributed by atoms with van der Waals surface area (Å²) in [5.74, 6) is -1.35. The van der Waals surface area contributed by atoms with E-state index < -0.39 is 17.9 Å². The van der Waals surface area contributed by atoms with Crippen LogP contribution in [0.1, 0.15) is 25.3 Å². The van der Waals surface area contributed by atoms with Gasteiger partial charge in [-0.05, 0) is 18.9 Å². The van der Waals surface area contributed by atoms with Crippen LogP contribution in [0, 0.1) is 5.92 Å². The molecule has 0 N–H and O–H groups in total. The van der Waals surface area contributed by atoms with Crippen LogP contribution in [-0.4, -0.2) is 19.0 Å². The average molecular weight is 276 g/mol. The minimum Gasteiger partial charge on any atom is -0.469 e. The van der Waals surface area contributed by atoms with E-state index in [1.54, 1.807) is 0 Å². The lowest BCUT2D eigenvalue weighted by Gasteiger charge is -2.14. The van der Waals surface area contributed by atoms with Gasteiger partial charge < -0.3 is 9.47 Å². The van der Waals surface area contributed by atoms with Gasteiger partial charge in [0.25, 0.3) is 0 Å². The van der Waals surface area contributed by atoms with E-state index in [1.165, 1.54) is 7.11 Å². The van der Waals surface area contributed by atoms with Crippen LogP contribution in [0.25, 0.3) is 0 Å². The first-order valence-electron chi connectivity index (χ1n) is 6.44. The van der Waals surface area contributed by atoms with E-state index in [1.807, 2.05) is 37.3 Å². The third-order valence-electron chi connectivity index (χ3n) is 2.79. The number of carbonyl (C=O) groups excluding carboxylic acids is 2. The van der Waals surface area contributed by atoms with Gasteiger partial charge in [0.15, 0.2) is 0 Å². The highest BCUT2D eigenvalue weighted by Crippen LogP contribution is 2.17. The first-order chi connectivity index (χ1) is 9.52. The second-order valence-electron chi connectivity index (χ2n) is 4.73. The summed E-state index contributed by atoms with van der Waals surface area (Å²) >= 11 is 0. The van der Waals surface area contributed by atoms with Crippen molar-refractivity contribution in [2.75, 3.05) is 7.11 Å². The highest BCUT2D eigenvalue weighted by molar-refractivity contribution is 5.80. The Hall–Kier alpha value is -2.10. The number of ether oxygens (including phenoxy) is 2. The number of allylic oxidation sites excluding steroid dienone is 1. The van der Waals surface area contributed by atoms with E-state index in [2.05, 4.69) is 11.3 Å². The molecule has 0 amide bonds. The van der Waals surface area contributed by atoms with Gasteiger partial charge in [0.2, 0.25) is 0 Å². The molecule has 1 aromatic carbocycles. The maximum atomic E-state index is 11.8. The molecule has 0 spiro atoms.